The number of carbonyl (C=O) groups excluding carboxylic acids is 2. The highest BCUT2D eigenvalue weighted by atomic mass is 16.5. The molecule has 0 atom stereocenters. The molecule has 1 aliphatic rings. The number of piperidine rings is 1. The molecule has 28 heavy (non-hydrogen) atoms. The minimum atomic E-state index is -0.0585. The monoisotopic (exact) mass is 378 g/mol. The minimum Gasteiger partial charge on any atom is -0.496 e. The maximum Gasteiger partial charge on any atom is 0.246 e. The molecule has 1 aliphatic heterocycles. The van der Waals surface area contributed by atoms with Gasteiger partial charge in [-0.25, -0.2) is 0 Å². The van der Waals surface area contributed by atoms with E-state index in [2.05, 4.69) is 5.32 Å². The summed E-state index contributed by atoms with van der Waals surface area (Å²) in [4.78, 5) is 26.7. The Balaban J connectivity index is 1.46. The Bertz CT molecular complexity index is 825. The Kier molecular flexibility index (Phi) is 6.84. The molecule has 1 N–H and O–H groups in total. The number of likely N-dealkylation sites (tertiary alicyclic amines) is 1. The molecule has 146 valence electrons. The molecule has 1 saturated heterocycles. The highest BCUT2D eigenvalue weighted by Crippen LogP contribution is 2.20. The van der Waals surface area contributed by atoms with E-state index in [1.807, 2.05) is 65.6 Å². The average Bonchev–Trinajstić information content (AvgIpc) is 2.76. The van der Waals surface area contributed by atoms with Crippen LogP contribution in [0.25, 0.3) is 6.08 Å². The minimum absolute atomic E-state index is 0.00302. The van der Waals surface area contributed by atoms with E-state index in [1.165, 1.54) is 0 Å². The second-order valence-electron chi connectivity index (χ2n) is 6.87. The molecule has 0 radical (unpaired) electrons. The number of methoxy groups -OCH3 is 1. The fourth-order valence-corrected chi connectivity index (χ4v) is 3.37. The Labute approximate surface area is 166 Å². The van der Waals surface area contributed by atoms with Crippen molar-refractivity contribution in [1.29, 1.82) is 0 Å². The molecule has 2 amide bonds. The van der Waals surface area contributed by atoms with Crippen molar-refractivity contribution >= 4 is 17.9 Å². The van der Waals surface area contributed by atoms with Gasteiger partial charge in [0.05, 0.1) is 7.11 Å². The van der Waals surface area contributed by atoms with Crippen molar-refractivity contribution in [1.82, 2.24) is 10.2 Å². The molecule has 0 aliphatic carbocycles. The summed E-state index contributed by atoms with van der Waals surface area (Å²) in [6, 6.07) is 17.4. The van der Waals surface area contributed by atoms with Crippen molar-refractivity contribution in [2.24, 2.45) is 5.92 Å². The Hall–Kier alpha value is -3.08. The van der Waals surface area contributed by atoms with E-state index >= 15 is 0 Å². The summed E-state index contributed by atoms with van der Waals surface area (Å²) in [6.07, 6.45) is 4.80. The molecule has 0 saturated carbocycles. The van der Waals surface area contributed by atoms with Crippen molar-refractivity contribution in [3.8, 4) is 5.75 Å². The molecule has 0 unspecified atom stereocenters. The first kappa shape index (κ1) is 19.7. The van der Waals surface area contributed by atoms with E-state index in [-0.39, 0.29) is 17.7 Å². The summed E-state index contributed by atoms with van der Waals surface area (Å²) < 4.78 is 5.32. The molecule has 0 bridgehead atoms. The van der Waals surface area contributed by atoms with Crippen LogP contribution in [0.5, 0.6) is 5.75 Å². The molecular weight excluding hydrogens is 352 g/mol. The highest BCUT2D eigenvalue weighted by molar-refractivity contribution is 5.92. The van der Waals surface area contributed by atoms with Crippen molar-refractivity contribution in [2.75, 3.05) is 20.2 Å². The number of benzene rings is 2. The van der Waals surface area contributed by atoms with Gasteiger partial charge < -0.3 is 15.0 Å². The molecule has 2 aromatic carbocycles. The van der Waals surface area contributed by atoms with E-state index in [1.54, 1.807) is 13.2 Å². The highest BCUT2D eigenvalue weighted by Gasteiger charge is 2.26. The van der Waals surface area contributed by atoms with Gasteiger partial charge in [-0.05, 0) is 30.5 Å². The van der Waals surface area contributed by atoms with Crippen LogP contribution in [0.2, 0.25) is 0 Å². The molecule has 0 aromatic heterocycles. The summed E-state index contributed by atoms with van der Waals surface area (Å²) in [5.41, 5.74) is 1.96. The quantitative estimate of drug-likeness (QED) is 0.785. The fraction of sp³-hybridized carbons (Fsp3) is 0.304. The maximum absolute atomic E-state index is 12.5. The molecule has 1 fully saturated rings. The number of rotatable bonds is 6. The van der Waals surface area contributed by atoms with Crippen molar-refractivity contribution in [2.45, 2.75) is 19.4 Å². The smallest absolute Gasteiger partial charge is 0.246 e. The summed E-state index contributed by atoms with van der Waals surface area (Å²) >= 11 is 0. The predicted molar refractivity (Wildman–Crippen MR) is 110 cm³/mol. The third kappa shape index (κ3) is 5.22. The van der Waals surface area contributed by atoms with Gasteiger partial charge in [-0.15, -0.1) is 0 Å². The molecular formula is C23H26N2O3. The van der Waals surface area contributed by atoms with E-state index < -0.39 is 0 Å². The van der Waals surface area contributed by atoms with Gasteiger partial charge in [0, 0.05) is 37.2 Å². The molecule has 2 aromatic rings. The van der Waals surface area contributed by atoms with Crippen LogP contribution in [0.1, 0.15) is 24.0 Å². The zero-order valence-electron chi connectivity index (χ0n) is 16.1. The Morgan fingerprint density at radius 3 is 2.46 bits per heavy atom. The first-order chi connectivity index (χ1) is 13.7. The Morgan fingerprint density at radius 1 is 1.07 bits per heavy atom. The molecule has 1 heterocycles. The van der Waals surface area contributed by atoms with Crippen molar-refractivity contribution in [3.63, 3.8) is 0 Å². The zero-order chi connectivity index (χ0) is 19.8. The van der Waals surface area contributed by atoms with Gasteiger partial charge in [0.15, 0.2) is 0 Å². The number of ether oxygens (including phenoxy) is 1. The number of hydrogen-bond donors (Lipinski definition) is 1. The Morgan fingerprint density at radius 2 is 1.75 bits per heavy atom. The van der Waals surface area contributed by atoms with Crippen LogP contribution >= 0.6 is 0 Å². The second-order valence-corrected chi connectivity index (χ2v) is 6.87. The van der Waals surface area contributed by atoms with Gasteiger partial charge in [-0.3, -0.25) is 9.59 Å². The lowest BCUT2D eigenvalue weighted by atomic mass is 9.95. The lowest BCUT2D eigenvalue weighted by Crippen LogP contribution is -2.42. The van der Waals surface area contributed by atoms with E-state index in [0.29, 0.717) is 32.5 Å². The van der Waals surface area contributed by atoms with Crippen LogP contribution in [-0.4, -0.2) is 36.9 Å². The van der Waals surface area contributed by atoms with Crippen LogP contribution in [0.3, 0.4) is 0 Å². The lowest BCUT2D eigenvalue weighted by molar-refractivity contribution is -0.132. The van der Waals surface area contributed by atoms with Crippen molar-refractivity contribution < 1.29 is 14.3 Å². The van der Waals surface area contributed by atoms with Crippen LogP contribution in [-0.2, 0) is 16.1 Å². The first-order valence-electron chi connectivity index (χ1n) is 9.59. The average molecular weight is 378 g/mol. The van der Waals surface area contributed by atoms with Crippen LogP contribution in [0.15, 0.2) is 60.7 Å². The van der Waals surface area contributed by atoms with Crippen LogP contribution in [0.4, 0.5) is 0 Å². The largest absolute Gasteiger partial charge is 0.496 e. The number of hydrogen-bond acceptors (Lipinski definition) is 3. The van der Waals surface area contributed by atoms with Gasteiger partial charge in [0.25, 0.3) is 0 Å². The maximum atomic E-state index is 12.5. The second kappa shape index (κ2) is 9.74. The third-order valence-electron chi connectivity index (χ3n) is 5.04. The van der Waals surface area contributed by atoms with Gasteiger partial charge >= 0.3 is 0 Å². The molecule has 5 heteroatoms. The normalized spacial score (nSPS) is 14.8. The lowest BCUT2D eigenvalue weighted by Gasteiger charge is -2.30. The van der Waals surface area contributed by atoms with Gasteiger partial charge in [0.1, 0.15) is 5.75 Å². The summed E-state index contributed by atoms with van der Waals surface area (Å²) in [6.45, 7) is 1.65. The molecule has 5 nitrogen and oxygen atoms in total. The number of nitrogens with zero attached hydrogens (tertiary/aromatic N) is 1. The van der Waals surface area contributed by atoms with Gasteiger partial charge in [-0.2, -0.15) is 0 Å². The topological polar surface area (TPSA) is 58.6 Å². The van der Waals surface area contributed by atoms with E-state index in [9.17, 15) is 9.59 Å². The fourth-order valence-electron chi connectivity index (χ4n) is 3.37. The first-order valence-corrected chi connectivity index (χ1v) is 9.59. The number of para-hydroxylation sites is 1. The van der Waals surface area contributed by atoms with E-state index in [4.69, 9.17) is 4.74 Å². The van der Waals surface area contributed by atoms with Gasteiger partial charge in [-0.1, -0.05) is 48.5 Å². The molecule has 3 rings (SSSR count). The zero-order valence-corrected chi connectivity index (χ0v) is 16.1. The van der Waals surface area contributed by atoms with Crippen LogP contribution < -0.4 is 10.1 Å². The standard InChI is InChI=1S/C23H26N2O3/c1-28-21-10-6-5-9-20(21)17-24-23(27)19-13-15-25(16-14-19)22(26)12-11-18-7-3-2-4-8-18/h2-12,19H,13-17H2,1H3,(H,24,27). The summed E-state index contributed by atoms with van der Waals surface area (Å²) in [7, 11) is 1.62. The van der Waals surface area contributed by atoms with Crippen molar-refractivity contribution in [3.05, 3.63) is 71.8 Å². The number of amides is 2. The van der Waals surface area contributed by atoms with Crippen LogP contribution in [0, 0.1) is 5.92 Å². The molecule has 0 spiro atoms. The SMILES string of the molecule is COc1ccccc1CNC(=O)C1CCN(C(=O)C=Cc2ccccc2)CC1. The number of nitrogens with one attached hydrogen (secondary N) is 1. The van der Waals surface area contributed by atoms with Gasteiger partial charge in [0.2, 0.25) is 11.8 Å². The third-order valence-corrected chi connectivity index (χ3v) is 5.04. The predicted octanol–water partition coefficient (Wildman–Crippen LogP) is 3.26. The number of carbonyl (C=O) groups is 2. The summed E-state index contributed by atoms with van der Waals surface area (Å²) in [5, 5.41) is 3.00. The summed E-state index contributed by atoms with van der Waals surface area (Å²) in [5.74, 6) is 0.750. The van der Waals surface area contributed by atoms with E-state index in [0.717, 1.165) is 16.9 Å².